The van der Waals surface area contributed by atoms with Crippen molar-refractivity contribution in [2.45, 2.75) is 13.0 Å². The standard InChI is InChI=1S/C27H23F2N7O5.ClH/c1-14(13-37)31-24-22-21(9-10-30-23(22)33-34-24)41-20-8-5-16(11-19(20)29)32-25(38)18-12-35(2)27(40)36(26(18)39)17-6-3-15(28)4-7-17;/h3-12,14,37H,13H2,1-2H3,(H,32,38)(H2,30,31,33,34);1H. The maximum atomic E-state index is 15.1. The molecule has 4 N–H and O–H groups in total. The van der Waals surface area contributed by atoms with Crippen LogP contribution in [0.4, 0.5) is 20.3 Å². The number of rotatable bonds is 8. The molecule has 5 rings (SSSR count). The molecule has 0 aliphatic heterocycles. The van der Waals surface area contributed by atoms with E-state index in [2.05, 4.69) is 25.8 Å². The van der Waals surface area contributed by atoms with Gasteiger partial charge in [0.15, 0.2) is 23.0 Å². The van der Waals surface area contributed by atoms with Gasteiger partial charge in [0.1, 0.15) is 22.5 Å². The molecule has 3 aromatic heterocycles. The lowest BCUT2D eigenvalue weighted by Gasteiger charge is -2.13. The molecule has 1 unspecified atom stereocenters. The van der Waals surface area contributed by atoms with Crippen LogP contribution in [0.15, 0.2) is 70.5 Å². The first kappa shape index (κ1) is 29.9. The van der Waals surface area contributed by atoms with E-state index in [1.807, 2.05) is 0 Å². The second-order valence-corrected chi connectivity index (χ2v) is 9.09. The lowest BCUT2D eigenvalue weighted by atomic mass is 10.2. The highest BCUT2D eigenvalue weighted by atomic mass is 35.5. The summed E-state index contributed by atoms with van der Waals surface area (Å²) < 4.78 is 36.0. The molecule has 0 saturated carbocycles. The Hall–Kier alpha value is -5.08. The number of aliphatic hydroxyl groups excluding tert-OH is 1. The van der Waals surface area contributed by atoms with Gasteiger partial charge in [-0.3, -0.25) is 14.7 Å². The number of H-pyrrole nitrogens is 1. The summed E-state index contributed by atoms with van der Waals surface area (Å²) >= 11 is 0. The Morgan fingerprint density at radius 2 is 1.86 bits per heavy atom. The number of anilines is 2. The lowest BCUT2D eigenvalue weighted by Crippen LogP contribution is -2.41. The van der Waals surface area contributed by atoms with Crippen LogP contribution in [-0.4, -0.2) is 48.0 Å². The number of carbonyl (C=O) groups excluding carboxylic acids is 1. The molecule has 42 heavy (non-hydrogen) atoms. The van der Waals surface area contributed by atoms with Crippen molar-refractivity contribution < 1.29 is 23.4 Å². The summed E-state index contributed by atoms with van der Waals surface area (Å²) in [6, 6.07) is 9.51. The number of carbonyl (C=O) groups is 1. The number of ether oxygens (including phenoxy) is 1. The summed E-state index contributed by atoms with van der Waals surface area (Å²) in [5, 5.41) is 22.1. The third-order valence-corrected chi connectivity index (χ3v) is 6.07. The number of halogens is 3. The topological polar surface area (TPSA) is 156 Å². The van der Waals surface area contributed by atoms with Crippen LogP contribution in [0.3, 0.4) is 0 Å². The van der Waals surface area contributed by atoms with Gasteiger partial charge in [0.2, 0.25) is 0 Å². The predicted octanol–water partition coefficient (Wildman–Crippen LogP) is 3.34. The Balaban J connectivity index is 0.00000405. The molecule has 12 nitrogen and oxygen atoms in total. The highest BCUT2D eigenvalue weighted by Gasteiger charge is 2.20. The van der Waals surface area contributed by atoms with Gasteiger partial charge in [-0.25, -0.2) is 23.1 Å². The van der Waals surface area contributed by atoms with E-state index >= 15 is 4.39 Å². The number of amides is 1. The van der Waals surface area contributed by atoms with E-state index in [4.69, 9.17) is 4.74 Å². The molecule has 5 aromatic rings. The fourth-order valence-electron chi connectivity index (χ4n) is 4.01. The molecule has 0 radical (unpaired) electrons. The smallest absolute Gasteiger partial charge is 0.335 e. The van der Waals surface area contributed by atoms with Crippen molar-refractivity contribution in [2.24, 2.45) is 7.05 Å². The molecule has 2 aromatic carbocycles. The summed E-state index contributed by atoms with van der Waals surface area (Å²) in [5.41, 5.74) is -1.59. The summed E-state index contributed by atoms with van der Waals surface area (Å²) in [7, 11) is 1.35. The van der Waals surface area contributed by atoms with Crippen LogP contribution < -0.4 is 26.6 Å². The maximum absolute atomic E-state index is 15.1. The van der Waals surface area contributed by atoms with Gasteiger partial charge in [0.05, 0.1) is 12.3 Å². The lowest BCUT2D eigenvalue weighted by molar-refractivity contribution is 0.102. The second-order valence-electron chi connectivity index (χ2n) is 9.09. The number of pyridine rings is 1. The van der Waals surface area contributed by atoms with Crippen LogP contribution in [0.1, 0.15) is 17.3 Å². The summed E-state index contributed by atoms with van der Waals surface area (Å²) in [6.45, 7) is 1.60. The van der Waals surface area contributed by atoms with Crippen LogP contribution >= 0.6 is 12.4 Å². The number of aromatic amines is 1. The van der Waals surface area contributed by atoms with Crippen molar-refractivity contribution in [1.29, 1.82) is 0 Å². The number of benzene rings is 2. The summed E-state index contributed by atoms with van der Waals surface area (Å²) in [6.07, 6.45) is 2.52. The fourth-order valence-corrected chi connectivity index (χ4v) is 4.01. The van der Waals surface area contributed by atoms with Crippen LogP contribution in [-0.2, 0) is 7.05 Å². The maximum Gasteiger partial charge on any atom is 0.335 e. The number of aryl methyl sites for hydroxylation is 1. The third-order valence-electron chi connectivity index (χ3n) is 6.07. The Labute approximate surface area is 242 Å². The van der Waals surface area contributed by atoms with Gasteiger partial charge in [0, 0.05) is 43.3 Å². The molecular weight excluding hydrogens is 576 g/mol. The van der Waals surface area contributed by atoms with Crippen LogP contribution in [0.25, 0.3) is 16.7 Å². The molecule has 3 heterocycles. The first-order chi connectivity index (χ1) is 19.7. The number of nitrogens with zero attached hydrogens (tertiary/aromatic N) is 4. The van der Waals surface area contributed by atoms with E-state index in [9.17, 15) is 23.9 Å². The van der Waals surface area contributed by atoms with E-state index in [0.29, 0.717) is 16.9 Å². The van der Waals surface area contributed by atoms with Gasteiger partial charge in [-0.1, -0.05) is 0 Å². The Bertz CT molecular complexity index is 1890. The quantitative estimate of drug-likeness (QED) is 0.212. The van der Waals surface area contributed by atoms with E-state index in [0.717, 1.165) is 33.5 Å². The van der Waals surface area contributed by atoms with Crippen molar-refractivity contribution in [3.8, 4) is 17.2 Å². The zero-order valence-corrected chi connectivity index (χ0v) is 22.9. The van der Waals surface area contributed by atoms with Crippen molar-refractivity contribution in [3.63, 3.8) is 0 Å². The van der Waals surface area contributed by atoms with Gasteiger partial charge in [-0.2, -0.15) is 5.10 Å². The predicted molar refractivity (Wildman–Crippen MR) is 153 cm³/mol. The van der Waals surface area contributed by atoms with Crippen LogP contribution in [0.5, 0.6) is 11.5 Å². The number of fused-ring (bicyclic) bond motifs is 1. The fraction of sp³-hybridized carbons (Fsp3) is 0.148. The molecule has 0 saturated heterocycles. The molecule has 0 bridgehead atoms. The Morgan fingerprint density at radius 3 is 2.55 bits per heavy atom. The largest absolute Gasteiger partial charge is 0.453 e. The van der Waals surface area contributed by atoms with Crippen molar-refractivity contribution in [2.75, 3.05) is 17.2 Å². The van der Waals surface area contributed by atoms with Crippen molar-refractivity contribution in [3.05, 3.63) is 99.0 Å². The van der Waals surface area contributed by atoms with E-state index in [-0.39, 0.29) is 47.9 Å². The molecule has 1 amide bonds. The normalized spacial score (nSPS) is 11.5. The number of aliphatic hydroxyl groups is 1. The highest BCUT2D eigenvalue weighted by molar-refractivity contribution is 6.04. The molecule has 15 heteroatoms. The van der Waals surface area contributed by atoms with Gasteiger partial charge >= 0.3 is 5.69 Å². The van der Waals surface area contributed by atoms with Crippen LogP contribution in [0, 0.1) is 11.6 Å². The van der Waals surface area contributed by atoms with Gasteiger partial charge < -0.3 is 25.0 Å². The Morgan fingerprint density at radius 1 is 1.12 bits per heavy atom. The highest BCUT2D eigenvalue weighted by Crippen LogP contribution is 2.34. The molecule has 1 atom stereocenters. The van der Waals surface area contributed by atoms with Crippen LogP contribution in [0.2, 0.25) is 0 Å². The molecule has 218 valence electrons. The van der Waals surface area contributed by atoms with E-state index < -0.39 is 34.4 Å². The SMILES string of the molecule is CC(CO)Nc1n[nH]c2nccc(Oc3ccc(NC(=O)c4cn(C)c(=O)n(-c5ccc(F)cc5)c4=O)cc3F)c12.Cl. The minimum atomic E-state index is -0.931. The molecule has 0 aliphatic rings. The number of hydrogen-bond donors (Lipinski definition) is 4. The average molecular weight is 600 g/mol. The second kappa shape index (κ2) is 12.2. The molecule has 0 spiro atoms. The first-order valence-corrected chi connectivity index (χ1v) is 12.2. The minimum Gasteiger partial charge on any atom is -0.453 e. The monoisotopic (exact) mass is 599 g/mol. The zero-order chi connectivity index (χ0) is 29.3. The number of hydrogen-bond acceptors (Lipinski definition) is 8. The van der Waals surface area contributed by atoms with Gasteiger partial charge in [0.25, 0.3) is 11.5 Å². The number of nitrogens with one attached hydrogen (secondary N) is 3. The third kappa shape index (κ3) is 5.84. The summed E-state index contributed by atoms with van der Waals surface area (Å²) in [4.78, 5) is 42.8. The van der Waals surface area contributed by atoms with Gasteiger partial charge in [-0.15, -0.1) is 12.4 Å². The zero-order valence-electron chi connectivity index (χ0n) is 22.1. The first-order valence-electron chi connectivity index (χ1n) is 12.2. The Kier molecular flexibility index (Phi) is 8.68. The molecule has 0 aliphatic carbocycles. The molecular formula is C27H24ClF2N7O5. The minimum absolute atomic E-state index is 0. The van der Waals surface area contributed by atoms with Gasteiger partial charge in [-0.05, 0) is 43.3 Å². The van der Waals surface area contributed by atoms with Crippen molar-refractivity contribution in [1.82, 2.24) is 24.3 Å². The molecule has 0 fully saturated rings. The van der Waals surface area contributed by atoms with E-state index in [1.165, 1.54) is 43.6 Å². The van der Waals surface area contributed by atoms with Crippen molar-refractivity contribution >= 4 is 40.9 Å². The number of aromatic nitrogens is 5. The van der Waals surface area contributed by atoms with E-state index in [1.54, 1.807) is 6.92 Å². The average Bonchev–Trinajstić information content (AvgIpc) is 3.36. The summed E-state index contributed by atoms with van der Waals surface area (Å²) in [5.74, 6) is -1.85.